The summed E-state index contributed by atoms with van der Waals surface area (Å²) in [7, 11) is 0. The molecule has 0 spiro atoms. The lowest BCUT2D eigenvalue weighted by Crippen LogP contribution is -2.62. The first kappa shape index (κ1) is 103. The number of carbonyl (C=O) groups excluding carboxylic acids is 15. The summed E-state index contributed by atoms with van der Waals surface area (Å²) in [6, 6.07) is -6.82. The van der Waals surface area contributed by atoms with Gasteiger partial charge < -0.3 is 109 Å². The van der Waals surface area contributed by atoms with Crippen LogP contribution in [0.15, 0.2) is 40.1 Å². The maximum Gasteiger partial charge on any atom is 0.317 e. The summed E-state index contributed by atoms with van der Waals surface area (Å²) in [5.74, 6) is -20.1. The first-order valence-corrected chi connectivity index (χ1v) is 43.5. The molecule has 0 radical (unpaired) electrons. The van der Waals surface area contributed by atoms with Crippen molar-refractivity contribution in [2.45, 2.75) is 171 Å². The van der Waals surface area contributed by atoms with Crippen LogP contribution >= 0.6 is 23.5 Å². The normalized spacial score (nSPS) is 22.0. The molecule has 45 nitrogen and oxygen atoms in total. The third-order valence-electron chi connectivity index (χ3n) is 20.6. The van der Waals surface area contributed by atoms with E-state index in [9.17, 15) is 112 Å². The predicted octanol–water partition coefficient (Wildman–Crippen LogP) is -6.93. The fourth-order valence-corrected chi connectivity index (χ4v) is 16.3. The first-order valence-electron chi connectivity index (χ1n) is 41.5. The van der Waals surface area contributed by atoms with Gasteiger partial charge in [-0.05, 0) is 63.9 Å². The van der Waals surface area contributed by atoms with Crippen molar-refractivity contribution in [2.75, 3.05) is 156 Å². The van der Waals surface area contributed by atoms with Gasteiger partial charge in [0.1, 0.15) is 54.4 Å². The molecule has 0 saturated carbocycles. The predicted molar refractivity (Wildman–Crippen MR) is 445 cm³/mol. The van der Waals surface area contributed by atoms with Gasteiger partial charge in [0.05, 0.1) is 74.9 Å². The number of nitrogens with one attached hydrogen (secondary N) is 10. The Morgan fingerprint density at radius 3 is 1.54 bits per heavy atom. The first-order chi connectivity index (χ1) is 59.6. The van der Waals surface area contributed by atoms with E-state index >= 15 is 4.79 Å². The minimum absolute atomic E-state index is 0.00492. The fraction of sp³-hybridized carbons (Fsp3) is 0.654. The van der Waals surface area contributed by atoms with E-state index in [1.807, 2.05) is 11.8 Å². The molecule has 125 heavy (non-hydrogen) atoms. The van der Waals surface area contributed by atoms with Crippen LogP contribution in [0.4, 0.5) is 0 Å². The van der Waals surface area contributed by atoms with Crippen LogP contribution in [0.3, 0.4) is 0 Å². The van der Waals surface area contributed by atoms with Gasteiger partial charge in [-0.25, -0.2) is 0 Å². The van der Waals surface area contributed by atoms with E-state index < -0.39 is 209 Å². The number of aliphatic hydroxyl groups is 1. The molecule has 0 aliphatic carbocycles. The fourth-order valence-electron chi connectivity index (χ4n) is 14.0. The Hall–Kier alpha value is -10.5. The Morgan fingerprint density at radius 2 is 1.02 bits per heavy atom. The number of carboxylic acid groups (broad SMARTS) is 4. The van der Waals surface area contributed by atoms with Crippen LogP contribution in [0.2, 0.25) is 0 Å². The van der Waals surface area contributed by atoms with E-state index in [0.29, 0.717) is 81.0 Å². The molecule has 3 fully saturated rings. The molecule has 15 amide bonds. The van der Waals surface area contributed by atoms with Gasteiger partial charge in [-0.1, -0.05) is 50.1 Å². The van der Waals surface area contributed by atoms with Crippen LogP contribution in [-0.2, 0) is 112 Å². The maximum absolute atomic E-state index is 15.3. The Morgan fingerprint density at radius 1 is 0.528 bits per heavy atom. The second kappa shape index (κ2) is 54.4. The van der Waals surface area contributed by atoms with Crippen molar-refractivity contribution in [3.63, 3.8) is 0 Å². The molecule has 5 aliphatic heterocycles. The number of nitrogens with zero attached hydrogens (tertiary/aromatic N) is 6. The summed E-state index contributed by atoms with van der Waals surface area (Å²) >= 11 is 1.07. The number of unbranched alkanes of at least 4 members (excludes halogenated alkanes) is 1. The topological polar surface area (TPSA) is 645 Å². The van der Waals surface area contributed by atoms with Crippen molar-refractivity contribution in [2.24, 2.45) is 11.5 Å². The van der Waals surface area contributed by atoms with Crippen LogP contribution in [0, 0.1) is 0 Å². The summed E-state index contributed by atoms with van der Waals surface area (Å²) in [5, 5.41) is 74.2. The monoisotopic (exact) mass is 1800 g/mol. The molecule has 1 aromatic carbocycles. The Kier molecular flexibility index (Phi) is 44.9. The average Bonchev–Trinajstić information content (AvgIpc) is 1.65. The highest BCUT2D eigenvalue weighted by atomic mass is 32.2. The quantitative estimate of drug-likeness (QED) is 0.0214. The van der Waals surface area contributed by atoms with Crippen LogP contribution in [-0.4, -0.2) is 384 Å². The van der Waals surface area contributed by atoms with E-state index in [1.165, 1.54) is 9.80 Å². The number of fused-ring (bicyclic) bond motifs is 2. The number of ether oxygens (including phenoxy) is 3. The SMILES string of the molecule is CCCC[C@H](NC(=O)CCC(=O)NCCCOCCOCCOCCCNC(=O)CN1CCN(CC(=O)O)CCN(CC(=O)O)CCN(CC(=O)O)CC1)C(=O)N[C@H]1CSC2=C(SC[C@@H](C(=O)N[C@@H](CC(=O)O)C(N)=O)NC(=O)[C@H](Cc3ccccc3)NC(=O)[C@H](CCC(N)=O)NC(=O)[C@H]([C@@H](C)O)NC(=O)[C@@H]3CCCN3C(=O)[C@@H]3CCCN3C1=O)C(=O)NC2=O. The molecule has 10 atom stereocenters. The van der Waals surface area contributed by atoms with Crippen molar-refractivity contribution in [3.05, 3.63) is 45.7 Å². The molecule has 47 heteroatoms. The number of thioether (sulfide) groups is 2. The van der Waals surface area contributed by atoms with Crippen molar-refractivity contribution in [1.82, 2.24) is 82.6 Å². The molecule has 3 saturated heterocycles. The van der Waals surface area contributed by atoms with Gasteiger partial charge in [-0.2, -0.15) is 0 Å². The van der Waals surface area contributed by atoms with Crippen LogP contribution in [0.5, 0.6) is 0 Å². The number of amides is 15. The number of primary amides is 2. The molecule has 5 aliphatic rings. The van der Waals surface area contributed by atoms with E-state index in [0.717, 1.165) is 6.92 Å². The van der Waals surface area contributed by atoms with Crippen molar-refractivity contribution >= 4 is 136 Å². The molecule has 0 aromatic heterocycles. The van der Waals surface area contributed by atoms with E-state index in [1.54, 1.807) is 45.0 Å². The zero-order chi connectivity index (χ0) is 91.7. The second-order valence-corrected chi connectivity index (χ2v) is 32.5. The largest absolute Gasteiger partial charge is 0.481 e. The molecule has 0 bridgehead atoms. The molecular weight excluding hydrogens is 1690 g/mol. The molecule has 694 valence electrons. The second-order valence-electron chi connectivity index (χ2n) is 30.5. The highest BCUT2D eigenvalue weighted by molar-refractivity contribution is 8.08. The van der Waals surface area contributed by atoms with E-state index in [-0.39, 0.29) is 174 Å². The number of aliphatic hydroxyl groups excluding tert-OH is 1. The van der Waals surface area contributed by atoms with Gasteiger partial charge in [0, 0.05) is 129 Å². The number of carboxylic acids is 4. The Bertz CT molecular complexity index is 3930. The van der Waals surface area contributed by atoms with E-state index in [2.05, 4.69) is 53.2 Å². The summed E-state index contributed by atoms with van der Waals surface area (Å²) < 4.78 is 16.9. The minimum atomic E-state index is -1.92. The summed E-state index contributed by atoms with van der Waals surface area (Å²) in [5.41, 5.74) is 11.4. The third kappa shape index (κ3) is 36.9. The van der Waals surface area contributed by atoms with Crippen molar-refractivity contribution < 1.29 is 131 Å². The highest BCUT2D eigenvalue weighted by Crippen LogP contribution is 2.34. The number of carbonyl (C=O) groups is 19. The number of hydrogen-bond acceptors (Lipinski definition) is 29. The lowest BCUT2D eigenvalue weighted by Gasteiger charge is -2.34. The lowest BCUT2D eigenvalue weighted by molar-refractivity contribution is -0.148. The van der Waals surface area contributed by atoms with Gasteiger partial charge in [0.25, 0.3) is 11.8 Å². The lowest BCUT2D eigenvalue weighted by atomic mass is 10.0. The number of rotatable bonds is 42. The zero-order valence-corrected chi connectivity index (χ0v) is 71.7. The molecule has 6 rings (SSSR count). The maximum atomic E-state index is 15.3. The average molecular weight is 1800 g/mol. The zero-order valence-electron chi connectivity index (χ0n) is 70.1. The number of hydrogen-bond donors (Lipinski definition) is 17. The van der Waals surface area contributed by atoms with Gasteiger partial charge in [-0.3, -0.25) is 116 Å². The van der Waals surface area contributed by atoms with Crippen LogP contribution < -0.4 is 64.6 Å². The number of nitrogens with two attached hydrogens (primary N) is 2. The van der Waals surface area contributed by atoms with Crippen LogP contribution in [0.1, 0.15) is 109 Å². The minimum Gasteiger partial charge on any atom is -0.481 e. The number of aliphatic carboxylic acids is 4. The molecular formula is C78H118N18O27S2. The number of benzene rings is 1. The van der Waals surface area contributed by atoms with E-state index in [4.69, 9.17) is 25.7 Å². The summed E-state index contributed by atoms with van der Waals surface area (Å²) in [6.07, 6.45) is -2.62. The Balaban J connectivity index is 1.07. The molecule has 19 N–H and O–H groups in total. The molecule has 1 aromatic rings. The van der Waals surface area contributed by atoms with Crippen molar-refractivity contribution in [3.8, 4) is 0 Å². The standard InChI is InChI=1S/C78H118N18O27S2/c1-3-4-14-49(83-59(100)20-19-58(99)81-21-10-33-121-35-37-123-38-36-122-34-11-22-82-60(101)41-91-25-27-92(42-62(104)105)29-31-94(44-64(108)109)32-30-93(28-26-91)43-63(106)107)69(111)88-54-46-125-67-66(75(117)90-76(67)118)124-45-53(72(114)85-51(68(80)110)40-61(102)103)87-71(113)52(39-48-12-6-5-7-13-48)86-70(112)50(17-18-57(79)98)84-74(116)65(47(2)97)89-73(115)55-15-8-23-95(55)78(120)56-16-9-24-96(56)77(54)119/h5-7,12-13,47,49-56,65,97H,3-4,8-11,14-46H2,1-2H3,(H2,79,98)(H2,80,110)(H,81,99)(H,82,101)(H,83,100)(H,84,116)(H,85,114)(H,86,112)(H,87,113)(H,88,111)(H,89,115)(H,102,103)(H,104,105)(H,106,107)(H,108,109)(H,90,117,118)/t47-,49+,50+,51+,52+,53+,54+,55+,56+,65+/m1/s1. The molecule has 0 unspecified atom stereocenters. The van der Waals surface area contributed by atoms with Crippen molar-refractivity contribution in [1.29, 1.82) is 0 Å². The highest BCUT2D eigenvalue weighted by Gasteiger charge is 2.46. The smallest absolute Gasteiger partial charge is 0.317 e. The van der Waals surface area contributed by atoms with Crippen LogP contribution in [0.25, 0.3) is 0 Å². The third-order valence-corrected chi connectivity index (χ3v) is 23.1. The van der Waals surface area contributed by atoms with Gasteiger partial charge in [0.2, 0.25) is 76.8 Å². The number of imide groups is 1. The Labute approximate surface area is 729 Å². The van der Waals surface area contributed by atoms with Gasteiger partial charge >= 0.3 is 23.9 Å². The van der Waals surface area contributed by atoms with Gasteiger partial charge in [-0.15, -0.1) is 23.5 Å². The summed E-state index contributed by atoms with van der Waals surface area (Å²) in [4.78, 5) is 265. The van der Waals surface area contributed by atoms with Gasteiger partial charge in [0.15, 0.2) is 0 Å². The molecule has 5 heterocycles. The summed E-state index contributed by atoms with van der Waals surface area (Å²) in [6.45, 7) is 5.96.